The second kappa shape index (κ2) is 8.23. The first kappa shape index (κ1) is 24.8. The average molecular weight is 511 g/mol. The number of thioether (sulfide) groups is 1. The zero-order chi connectivity index (χ0) is 24.8. The second-order valence-corrected chi connectivity index (χ2v) is 13.9. The fourth-order valence-corrected chi connectivity index (χ4v) is 10.8. The molecule has 2 heterocycles. The van der Waals surface area contributed by atoms with Crippen LogP contribution in [-0.4, -0.2) is 69.7 Å². The number of carbonyl (C=O) groups is 2. The van der Waals surface area contributed by atoms with Crippen molar-refractivity contribution in [1.29, 1.82) is 0 Å². The van der Waals surface area contributed by atoms with Gasteiger partial charge in [-0.3, -0.25) is 9.59 Å². The van der Waals surface area contributed by atoms with Crippen LogP contribution in [-0.2, 0) is 19.1 Å². The molecular formula is C27H39FO6S. The Hall–Kier alpha value is -0.540. The molecule has 8 heteroatoms. The Morgan fingerprint density at radius 2 is 1.89 bits per heavy atom. The van der Waals surface area contributed by atoms with Gasteiger partial charge in [0, 0.05) is 29.6 Å². The van der Waals surface area contributed by atoms with Crippen LogP contribution in [0.15, 0.2) is 0 Å². The molecule has 0 bridgehead atoms. The Balaban J connectivity index is 1.38. The zero-order valence-corrected chi connectivity index (χ0v) is 21.7. The molecule has 0 aromatic carbocycles. The van der Waals surface area contributed by atoms with E-state index >= 15 is 4.39 Å². The summed E-state index contributed by atoms with van der Waals surface area (Å²) < 4.78 is 30.6. The minimum Gasteiger partial charge on any atom is -0.390 e. The van der Waals surface area contributed by atoms with Gasteiger partial charge in [0.15, 0.2) is 17.7 Å². The number of hydrogen-bond donors (Lipinski definition) is 2. The van der Waals surface area contributed by atoms with Crippen molar-refractivity contribution in [2.45, 2.75) is 101 Å². The van der Waals surface area contributed by atoms with Gasteiger partial charge in [0.2, 0.25) is 0 Å². The maximum absolute atomic E-state index is 17.4. The van der Waals surface area contributed by atoms with Crippen molar-refractivity contribution in [2.75, 3.05) is 18.1 Å². The zero-order valence-electron chi connectivity index (χ0n) is 20.8. The summed E-state index contributed by atoms with van der Waals surface area (Å²) in [5.74, 6) is 1.38. The molecule has 0 radical (unpaired) electrons. The normalized spacial score (nSPS) is 54.0. The molecule has 6 rings (SSSR count). The standard InChI is InChI=1S/C27H39FO6S/c1-24-8-5-17(30)11-16(24)3-4-18-19-12-22-27(21(32)14-29,25(19,2)13-20(31)26(18,24)28)34-23(33-22)15-6-9-35-10-7-15/h15-16,18-20,22-23,29,31H,3-14H2,1-2H3/t16?,18-,19-,20-,22+,23+,24-,25-,26-,27+/m0/s1. The van der Waals surface area contributed by atoms with Gasteiger partial charge in [0.05, 0.1) is 12.2 Å². The van der Waals surface area contributed by atoms with E-state index in [1.54, 1.807) is 0 Å². The number of carbonyl (C=O) groups excluding carboxylic acids is 2. The van der Waals surface area contributed by atoms with Crippen molar-refractivity contribution in [3.8, 4) is 0 Å². The second-order valence-electron chi connectivity index (χ2n) is 12.7. The van der Waals surface area contributed by atoms with Crippen LogP contribution in [0.1, 0.15) is 71.6 Å². The van der Waals surface area contributed by atoms with Crippen LogP contribution in [0.5, 0.6) is 0 Å². The Morgan fingerprint density at radius 3 is 2.60 bits per heavy atom. The van der Waals surface area contributed by atoms with Crippen molar-refractivity contribution < 1.29 is 33.7 Å². The van der Waals surface area contributed by atoms with Gasteiger partial charge in [0.1, 0.15) is 18.1 Å². The molecule has 2 N–H and O–H groups in total. The van der Waals surface area contributed by atoms with Crippen molar-refractivity contribution in [2.24, 2.45) is 34.5 Å². The Bertz CT molecular complexity index is 910. The van der Waals surface area contributed by atoms with Gasteiger partial charge in [-0.25, -0.2) is 4.39 Å². The molecule has 0 spiro atoms. The maximum Gasteiger partial charge on any atom is 0.193 e. The van der Waals surface area contributed by atoms with Crippen molar-refractivity contribution in [1.82, 2.24) is 0 Å². The van der Waals surface area contributed by atoms with Gasteiger partial charge in [-0.05, 0) is 74.2 Å². The Morgan fingerprint density at radius 1 is 1.14 bits per heavy atom. The molecule has 6 aliphatic rings. The minimum atomic E-state index is -1.82. The van der Waals surface area contributed by atoms with Gasteiger partial charge in [0.25, 0.3) is 0 Å². The largest absolute Gasteiger partial charge is 0.390 e. The van der Waals surface area contributed by atoms with Crippen LogP contribution in [0, 0.1) is 34.5 Å². The molecule has 6 fully saturated rings. The summed E-state index contributed by atoms with van der Waals surface area (Å²) in [6, 6.07) is 0. The number of hydrogen-bond acceptors (Lipinski definition) is 7. The van der Waals surface area contributed by atoms with Crippen LogP contribution < -0.4 is 0 Å². The molecule has 35 heavy (non-hydrogen) atoms. The molecule has 2 aliphatic heterocycles. The first-order valence-corrected chi connectivity index (χ1v) is 14.7. The summed E-state index contributed by atoms with van der Waals surface area (Å²) >= 11 is 1.91. The summed E-state index contributed by atoms with van der Waals surface area (Å²) in [7, 11) is 0. The predicted molar refractivity (Wildman–Crippen MR) is 128 cm³/mol. The smallest absolute Gasteiger partial charge is 0.193 e. The maximum atomic E-state index is 17.4. The molecule has 0 aromatic heterocycles. The van der Waals surface area contributed by atoms with E-state index in [0.29, 0.717) is 32.1 Å². The van der Waals surface area contributed by atoms with Crippen LogP contribution >= 0.6 is 11.8 Å². The third-order valence-corrected chi connectivity index (χ3v) is 12.6. The monoisotopic (exact) mass is 510 g/mol. The highest BCUT2D eigenvalue weighted by Gasteiger charge is 2.79. The van der Waals surface area contributed by atoms with Gasteiger partial charge in [-0.1, -0.05) is 13.8 Å². The lowest BCUT2D eigenvalue weighted by atomic mass is 9.42. The van der Waals surface area contributed by atoms with E-state index in [9.17, 15) is 19.8 Å². The highest BCUT2D eigenvalue weighted by Crippen LogP contribution is 2.72. The van der Waals surface area contributed by atoms with E-state index in [2.05, 4.69) is 0 Å². The van der Waals surface area contributed by atoms with E-state index in [1.807, 2.05) is 25.6 Å². The molecule has 10 atom stereocenters. The minimum absolute atomic E-state index is 0.0565. The quantitative estimate of drug-likeness (QED) is 0.601. The molecule has 4 aliphatic carbocycles. The predicted octanol–water partition coefficient (Wildman–Crippen LogP) is 3.46. The lowest BCUT2D eigenvalue weighted by Crippen LogP contribution is -2.71. The van der Waals surface area contributed by atoms with Crippen LogP contribution in [0.2, 0.25) is 0 Å². The lowest BCUT2D eigenvalue weighted by molar-refractivity contribution is -0.263. The molecule has 6 nitrogen and oxygen atoms in total. The van der Waals surface area contributed by atoms with Gasteiger partial charge in [-0.2, -0.15) is 11.8 Å². The number of aliphatic hydroxyl groups is 2. The highest BCUT2D eigenvalue weighted by atomic mass is 32.2. The SMILES string of the molecule is C[C@]12CCC(=O)CC1CC[C@H]1[C@@H]3C[C@H]4O[C@@H](C5CCSCC5)O[C@@]4(C(=O)CO)[C@@]3(C)C[C@H](O)[C@@]12F. The first-order chi connectivity index (χ1) is 16.6. The fourth-order valence-electron chi connectivity index (χ4n) is 9.64. The van der Waals surface area contributed by atoms with Crippen molar-refractivity contribution >= 4 is 23.3 Å². The van der Waals surface area contributed by atoms with Crippen LogP contribution in [0.3, 0.4) is 0 Å². The highest BCUT2D eigenvalue weighted by molar-refractivity contribution is 7.99. The van der Waals surface area contributed by atoms with E-state index in [-0.39, 0.29) is 30.0 Å². The third kappa shape index (κ3) is 3.03. The molecular weight excluding hydrogens is 471 g/mol. The number of ether oxygens (including phenoxy) is 2. The van der Waals surface area contributed by atoms with E-state index in [0.717, 1.165) is 30.8 Å². The van der Waals surface area contributed by atoms with Crippen molar-refractivity contribution in [3.05, 3.63) is 0 Å². The number of halogens is 1. The lowest BCUT2D eigenvalue weighted by Gasteiger charge is -2.65. The van der Waals surface area contributed by atoms with E-state index < -0.39 is 58.9 Å². The molecule has 0 aromatic rings. The molecule has 4 saturated carbocycles. The summed E-state index contributed by atoms with van der Waals surface area (Å²) in [6.45, 7) is 3.25. The Kier molecular flexibility index (Phi) is 5.82. The van der Waals surface area contributed by atoms with E-state index in [4.69, 9.17) is 9.47 Å². The number of fused-ring (bicyclic) bond motifs is 7. The number of Topliss-reactive ketones (excluding diaryl/α,β-unsaturated/α-hetero) is 2. The summed E-state index contributed by atoms with van der Waals surface area (Å²) in [4.78, 5) is 25.7. The summed E-state index contributed by atoms with van der Waals surface area (Å²) in [5, 5.41) is 21.7. The summed E-state index contributed by atoms with van der Waals surface area (Å²) in [5.41, 5.74) is -4.77. The van der Waals surface area contributed by atoms with Gasteiger partial charge < -0.3 is 19.7 Å². The molecule has 1 unspecified atom stereocenters. The van der Waals surface area contributed by atoms with E-state index in [1.165, 1.54) is 0 Å². The number of rotatable bonds is 3. The third-order valence-electron chi connectivity index (χ3n) is 11.5. The van der Waals surface area contributed by atoms with Gasteiger partial charge >= 0.3 is 0 Å². The Labute approximate surface area is 211 Å². The number of aliphatic hydroxyl groups excluding tert-OH is 2. The number of alkyl halides is 1. The molecule has 0 amide bonds. The fraction of sp³-hybridized carbons (Fsp3) is 0.926. The van der Waals surface area contributed by atoms with Crippen LogP contribution in [0.4, 0.5) is 4.39 Å². The average Bonchev–Trinajstić information content (AvgIpc) is 3.34. The van der Waals surface area contributed by atoms with Gasteiger partial charge in [-0.15, -0.1) is 0 Å². The van der Waals surface area contributed by atoms with Crippen molar-refractivity contribution in [3.63, 3.8) is 0 Å². The van der Waals surface area contributed by atoms with Crippen LogP contribution in [0.25, 0.3) is 0 Å². The summed E-state index contributed by atoms with van der Waals surface area (Å²) in [6.07, 6.45) is 2.79. The molecule has 196 valence electrons. The topological polar surface area (TPSA) is 93.1 Å². The first-order valence-electron chi connectivity index (χ1n) is 13.6. The molecule has 2 saturated heterocycles. The number of ketones is 2.